The molecule has 1 aliphatic carbocycles. The van der Waals surface area contributed by atoms with Crippen LogP contribution in [0.3, 0.4) is 0 Å². The van der Waals surface area contributed by atoms with E-state index in [9.17, 15) is 9.46 Å². The zero-order valence-electron chi connectivity index (χ0n) is 15.2. The minimum atomic E-state index is -4.12. The first-order valence-electron chi connectivity index (χ1n) is 8.76. The van der Waals surface area contributed by atoms with E-state index in [2.05, 4.69) is 15.0 Å². The van der Waals surface area contributed by atoms with E-state index < -0.39 is 20.2 Å². The first kappa shape index (κ1) is 21.8. The van der Waals surface area contributed by atoms with E-state index in [-0.39, 0.29) is 64.1 Å². The molecule has 0 aromatic carbocycles. The number of imidazole rings is 1. The molecule has 1 unspecified atom stereocenters. The number of fused-ring (bicyclic) bond motifs is 1. The van der Waals surface area contributed by atoms with Gasteiger partial charge in [0.1, 0.15) is 18.1 Å². The number of nitrogens with zero attached hydrogens (tertiary/aromatic N) is 4. The first-order valence-corrected chi connectivity index (χ1v) is 10.3. The van der Waals surface area contributed by atoms with E-state index in [1.165, 1.54) is 6.33 Å². The molecule has 10 nitrogen and oxygen atoms in total. The van der Waals surface area contributed by atoms with E-state index in [0.29, 0.717) is 23.4 Å². The number of rotatable bonds is 5. The molecule has 4 rings (SSSR count). The Morgan fingerprint density at radius 3 is 2.70 bits per heavy atom. The summed E-state index contributed by atoms with van der Waals surface area (Å²) in [7, 11) is -4.12. The summed E-state index contributed by atoms with van der Waals surface area (Å²) in [6.07, 6.45) is 6.89. The molecule has 12 heteroatoms. The summed E-state index contributed by atoms with van der Waals surface area (Å²) in [6, 6.07) is 0. The van der Waals surface area contributed by atoms with Crippen molar-refractivity contribution in [2.45, 2.75) is 57.0 Å². The Labute approximate surface area is 199 Å². The third-order valence-corrected chi connectivity index (χ3v) is 5.88. The Bertz CT molecular complexity index is 830. The predicted molar refractivity (Wildman–Crippen MR) is 97.8 cm³/mol. The number of anilines is 1. The minimum absolute atomic E-state index is 0. The molecule has 3 N–H and O–H groups in total. The van der Waals surface area contributed by atoms with Crippen LogP contribution in [0.2, 0.25) is 0 Å². The third-order valence-electron chi connectivity index (χ3n) is 4.75. The molecule has 143 valence electrons. The van der Waals surface area contributed by atoms with Crippen LogP contribution in [0.4, 0.5) is 5.82 Å². The van der Waals surface area contributed by atoms with E-state index in [0.717, 1.165) is 32.1 Å². The van der Waals surface area contributed by atoms with E-state index >= 15 is 0 Å². The molecule has 1 aliphatic heterocycles. The average Bonchev–Trinajstić information content (AvgIpc) is 3.22. The maximum absolute atomic E-state index is 12.3. The summed E-state index contributed by atoms with van der Waals surface area (Å²) >= 11 is 0. The van der Waals surface area contributed by atoms with Crippen LogP contribution in [-0.2, 0) is 18.3 Å². The number of hydrogen-bond donors (Lipinski definition) is 2. The van der Waals surface area contributed by atoms with Gasteiger partial charge in [-0.2, -0.15) is 0 Å². The summed E-state index contributed by atoms with van der Waals surface area (Å²) in [5.74, 6) is 0.292. The zero-order chi connectivity index (χ0) is 18.1. The van der Waals surface area contributed by atoms with Gasteiger partial charge in [-0.3, -0.25) is 13.6 Å². The van der Waals surface area contributed by atoms with Crippen molar-refractivity contribution in [1.82, 2.24) is 19.5 Å². The van der Waals surface area contributed by atoms with Crippen molar-refractivity contribution in [3.63, 3.8) is 0 Å². The summed E-state index contributed by atoms with van der Waals surface area (Å²) in [4.78, 5) is 22.3. The van der Waals surface area contributed by atoms with Crippen molar-refractivity contribution < 1.29 is 23.2 Å². The molecule has 0 bridgehead atoms. The van der Waals surface area contributed by atoms with Gasteiger partial charge >= 0.3 is 7.82 Å². The number of nitrogens with two attached hydrogens (primary N) is 1. The van der Waals surface area contributed by atoms with Crippen LogP contribution in [0.15, 0.2) is 12.7 Å². The van der Waals surface area contributed by atoms with Crippen LogP contribution in [0.25, 0.3) is 11.2 Å². The quantitative estimate of drug-likeness (QED) is 0.546. The van der Waals surface area contributed by atoms with E-state index in [1.807, 2.05) is 0 Å². The Morgan fingerprint density at radius 1 is 1.19 bits per heavy atom. The summed E-state index contributed by atoms with van der Waals surface area (Å²) in [5, 5.41) is 0. The van der Waals surface area contributed by atoms with Crippen LogP contribution in [-0.4, -0.2) is 94.6 Å². The maximum atomic E-state index is 12.3. The van der Waals surface area contributed by atoms with Crippen molar-refractivity contribution in [3.05, 3.63) is 12.7 Å². The molecule has 1 saturated heterocycles. The SMILES string of the molecule is Nc1ncnc2c1ncn2[C@H]1C[C@H](OP(=O)(O)OC2CCCCC2)CO1.[K]. The number of aromatic nitrogens is 4. The van der Waals surface area contributed by atoms with Crippen LogP contribution in [0.5, 0.6) is 0 Å². The van der Waals surface area contributed by atoms with Gasteiger partial charge in [0.25, 0.3) is 0 Å². The molecule has 2 fully saturated rings. The van der Waals surface area contributed by atoms with Crippen molar-refractivity contribution in [1.29, 1.82) is 0 Å². The second-order valence-electron chi connectivity index (χ2n) is 6.67. The van der Waals surface area contributed by atoms with Gasteiger partial charge in [-0.15, -0.1) is 0 Å². The van der Waals surface area contributed by atoms with Gasteiger partial charge in [0.15, 0.2) is 11.5 Å². The minimum Gasteiger partial charge on any atom is -0.382 e. The Kier molecular flexibility index (Phi) is 7.45. The topological polar surface area (TPSA) is 135 Å². The third kappa shape index (κ3) is 5.16. The molecule has 27 heavy (non-hydrogen) atoms. The summed E-state index contributed by atoms with van der Waals surface area (Å²) in [6.45, 7) is 0.184. The largest absolute Gasteiger partial charge is 0.472 e. The van der Waals surface area contributed by atoms with Crippen LogP contribution in [0, 0.1) is 0 Å². The van der Waals surface area contributed by atoms with Crippen molar-refractivity contribution in [3.8, 4) is 0 Å². The molecule has 2 aliphatic rings. The summed E-state index contributed by atoms with van der Waals surface area (Å²) in [5.41, 5.74) is 6.83. The normalized spacial score (nSPS) is 26.0. The molecule has 1 saturated carbocycles. The van der Waals surface area contributed by atoms with Gasteiger partial charge in [0, 0.05) is 57.8 Å². The molecule has 2 aromatic rings. The number of hydrogen-bond acceptors (Lipinski definition) is 8. The monoisotopic (exact) mass is 422 g/mol. The maximum Gasteiger partial charge on any atom is 0.472 e. The molecular formula is C15H22KN5O5P. The van der Waals surface area contributed by atoms with Gasteiger partial charge < -0.3 is 15.4 Å². The molecule has 0 amide bonds. The fourth-order valence-electron chi connectivity index (χ4n) is 3.50. The number of phosphoric acid groups is 1. The molecule has 1 radical (unpaired) electrons. The average molecular weight is 422 g/mol. The second-order valence-corrected chi connectivity index (χ2v) is 8.03. The van der Waals surface area contributed by atoms with Crippen molar-refractivity contribution >= 4 is 76.2 Å². The van der Waals surface area contributed by atoms with Crippen LogP contribution >= 0.6 is 7.82 Å². The van der Waals surface area contributed by atoms with Gasteiger partial charge in [-0.25, -0.2) is 19.5 Å². The van der Waals surface area contributed by atoms with Crippen LogP contribution < -0.4 is 5.73 Å². The van der Waals surface area contributed by atoms with E-state index in [1.54, 1.807) is 10.9 Å². The summed E-state index contributed by atoms with van der Waals surface area (Å²) < 4.78 is 30.4. The number of nitrogen functional groups attached to an aromatic ring is 1. The van der Waals surface area contributed by atoms with Gasteiger partial charge in [-0.05, 0) is 12.8 Å². The Morgan fingerprint density at radius 2 is 1.93 bits per heavy atom. The molecule has 2 aromatic heterocycles. The van der Waals surface area contributed by atoms with Gasteiger partial charge in [0.2, 0.25) is 0 Å². The number of ether oxygens (including phenoxy) is 1. The van der Waals surface area contributed by atoms with Crippen molar-refractivity contribution in [2.75, 3.05) is 12.3 Å². The fourth-order valence-corrected chi connectivity index (χ4v) is 4.66. The molecule has 3 atom stereocenters. The predicted octanol–water partition coefficient (Wildman–Crippen LogP) is 1.78. The Balaban J connectivity index is 0.00000210. The standard InChI is InChI=1S/C15H22N5O5P.K/c16-14-13-15(18-8-17-14)20(9-19-13)12-6-11(7-23-12)25-26(21,22)24-10-4-2-1-3-5-10;/h8-12H,1-7H2,(H,21,22)(H2,16,17,18);/t11-,12+;/m0./s1. The first-order chi connectivity index (χ1) is 12.5. The van der Waals surface area contributed by atoms with Gasteiger partial charge in [0.05, 0.1) is 25.1 Å². The molecular weight excluding hydrogens is 400 g/mol. The number of phosphoric ester groups is 1. The van der Waals surface area contributed by atoms with Gasteiger partial charge in [-0.1, -0.05) is 19.3 Å². The zero-order valence-corrected chi connectivity index (χ0v) is 19.2. The Hall–Kier alpha value is 0.0564. The second kappa shape index (κ2) is 9.25. The van der Waals surface area contributed by atoms with Crippen LogP contribution in [0.1, 0.15) is 44.8 Å². The fraction of sp³-hybridized carbons (Fsp3) is 0.667. The van der Waals surface area contributed by atoms with Crippen molar-refractivity contribution in [2.24, 2.45) is 0 Å². The molecule has 3 heterocycles. The smallest absolute Gasteiger partial charge is 0.382 e. The molecule has 0 spiro atoms. The van der Waals surface area contributed by atoms with E-state index in [4.69, 9.17) is 19.5 Å².